The number of aliphatic hydroxyl groups is 1. The maximum atomic E-state index is 12.4. The van der Waals surface area contributed by atoms with E-state index in [-0.39, 0.29) is 19.1 Å². The normalized spacial score (nSPS) is 10.8. The first-order valence-corrected chi connectivity index (χ1v) is 9.75. The molecule has 1 aromatic heterocycles. The third kappa shape index (κ3) is 4.08. The van der Waals surface area contributed by atoms with E-state index in [4.69, 9.17) is 19.3 Å². The average molecular weight is 418 g/mol. The highest BCUT2D eigenvalue weighted by molar-refractivity contribution is 6.07. The van der Waals surface area contributed by atoms with Gasteiger partial charge in [-0.15, -0.1) is 0 Å². The molecule has 31 heavy (non-hydrogen) atoms. The molecule has 0 spiro atoms. The Morgan fingerprint density at radius 1 is 0.968 bits per heavy atom. The van der Waals surface area contributed by atoms with Gasteiger partial charge in [0, 0.05) is 29.8 Å². The molecule has 0 aliphatic rings. The Bertz CT molecular complexity index is 1260. The predicted molar refractivity (Wildman–Crippen MR) is 118 cm³/mol. The number of methoxy groups -OCH3 is 2. The Morgan fingerprint density at radius 2 is 1.77 bits per heavy atom. The summed E-state index contributed by atoms with van der Waals surface area (Å²) in [6, 6.07) is 16.5. The Labute approximate surface area is 179 Å². The van der Waals surface area contributed by atoms with Crippen LogP contribution in [-0.2, 0) is 0 Å². The number of amides is 1. The standard InChI is InChI=1S/C24H22N2O5/c1-29-22-13-19-20(14-23(22)30-2)25-9-8-21(19)31-16-6-7-17-15(12-16)4-3-5-18(17)24(28)26-10-11-27/h3-9,12-14,27H,10-11H2,1-2H3,(H,26,28). The lowest BCUT2D eigenvalue weighted by Gasteiger charge is -2.13. The summed E-state index contributed by atoms with van der Waals surface area (Å²) in [5.41, 5.74) is 1.27. The summed E-state index contributed by atoms with van der Waals surface area (Å²) in [6.45, 7) is 0.102. The van der Waals surface area contributed by atoms with Crippen molar-refractivity contribution in [2.24, 2.45) is 0 Å². The summed E-state index contributed by atoms with van der Waals surface area (Å²) in [7, 11) is 3.16. The SMILES string of the molecule is COc1cc2nccc(Oc3ccc4c(C(=O)NCCO)cccc4c3)c2cc1OC. The van der Waals surface area contributed by atoms with Crippen molar-refractivity contribution in [3.8, 4) is 23.0 Å². The molecule has 0 aliphatic heterocycles. The van der Waals surface area contributed by atoms with Gasteiger partial charge in [0.05, 0.1) is 26.3 Å². The van der Waals surface area contributed by atoms with E-state index >= 15 is 0 Å². The third-order valence-electron chi connectivity index (χ3n) is 4.93. The summed E-state index contributed by atoms with van der Waals surface area (Å²) >= 11 is 0. The van der Waals surface area contributed by atoms with Crippen molar-refractivity contribution in [2.45, 2.75) is 0 Å². The molecule has 0 aliphatic carbocycles. The average Bonchev–Trinajstić information content (AvgIpc) is 2.81. The number of hydrogen-bond acceptors (Lipinski definition) is 6. The first-order valence-electron chi connectivity index (χ1n) is 9.75. The molecule has 1 amide bonds. The third-order valence-corrected chi connectivity index (χ3v) is 4.93. The molecule has 0 saturated heterocycles. The van der Waals surface area contributed by atoms with Gasteiger partial charge >= 0.3 is 0 Å². The van der Waals surface area contributed by atoms with E-state index < -0.39 is 0 Å². The van der Waals surface area contributed by atoms with Gasteiger partial charge in [-0.1, -0.05) is 12.1 Å². The maximum absolute atomic E-state index is 12.4. The molecule has 7 nitrogen and oxygen atoms in total. The first-order chi connectivity index (χ1) is 15.1. The number of carbonyl (C=O) groups excluding carboxylic acids is 1. The van der Waals surface area contributed by atoms with Gasteiger partial charge in [-0.25, -0.2) is 0 Å². The smallest absolute Gasteiger partial charge is 0.251 e. The van der Waals surface area contributed by atoms with Crippen LogP contribution in [0, 0.1) is 0 Å². The molecule has 0 unspecified atom stereocenters. The van der Waals surface area contributed by atoms with E-state index in [0.29, 0.717) is 28.6 Å². The molecule has 7 heteroatoms. The quantitative estimate of drug-likeness (QED) is 0.473. The highest BCUT2D eigenvalue weighted by Gasteiger charge is 2.13. The van der Waals surface area contributed by atoms with Gasteiger partial charge in [-0.05, 0) is 47.2 Å². The molecular formula is C24H22N2O5. The second kappa shape index (κ2) is 8.89. The van der Waals surface area contributed by atoms with Gasteiger partial charge < -0.3 is 24.6 Å². The monoisotopic (exact) mass is 418 g/mol. The molecule has 0 saturated carbocycles. The van der Waals surface area contributed by atoms with E-state index in [9.17, 15) is 4.79 Å². The van der Waals surface area contributed by atoms with Crippen LogP contribution >= 0.6 is 0 Å². The zero-order valence-electron chi connectivity index (χ0n) is 17.2. The van der Waals surface area contributed by atoms with E-state index in [2.05, 4.69) is 10.3 Å². The van der Waals surface area contributed by atoms with Gasteiger partial charge in [0.1, 0.15) is 11.5 Å². The number of carbonyl (C=O) groups is 1. The molecule has 0 fully saturated rings. The van der Waals surface area contributed by atoms with E-state index in [1.807, 2.05) is 36.4 Å². The minimum Gasteiger partial charge on any atom is -0.493 e. The Morgan fingerprint density at radius 3 is 2.55 bits per heavy atom. The zero-order chi connectivity index (χ0) is 21.8. The molecule has 4 aromatic rings. The van der Waals surface area contributed by atoms with Crippen LogP contribution in [0.25, 0.3) is 21.7 Å². The number of fused-ring (bicyclic) bond motifs is 2. The number of aliphatic hydroxyl groups excluding tert-OH is 1. The van der Waals surface area contributed by atoms with Crippen LogP contribution in [0.1, 0.15) is 10.4 Å². The molecule has 3 aromatic carbocycles. The van der Waals surface area contributed by atoms with E-state index in [1.54, 1.807) is 38.6 Å². The molecule has 158 valence electrons. The van der Waals surface area contributed by atoms with Crippen LogP contribution in [0.15, 0.2) is 60.8 Å². The Kier molecular flexibility index (Phi) is 5.86. The Balaban J connectivity index is 1.70. The molecule has 4 rings (SSSR count). The van der Waals surface area contributed by atoms with Crippen LogP contribution in [0.3, 0.4) is 0 Å². The van der Waals surface area contributed by atoms with Gasteiger partial charge in [0.2, 0.25) is 0 Å². The summed E-state index contributed by atoms with van der Waals surface area (Å²) < 4.78 is 16.9. The Hall–Kier alpha value is -3.84. The zero-order valence-corrected chi connectivity index (χ0v) is 17.2. The number of hydrogen-bond donors (Lipinski definition) is 2. The van der Waals surface area contributed by atoms with Crippen molar-refractivity contribution in [2.75, 3.05) is 27.4 Å². The lowest BCUT2D eigenvalue weighted by Crippen LogP contribution is -2.26. The summed E-state index contributed by atoms with van der Waals surface area (Å²) in [5.74, 6) is 2.21. The van der Waals surface area contributed by atoms with Crippen molar-refractivity contribution in [1.29, 1.82) is 0 Å². The van der Waals surface area contributed by atoms with Crippen molar-refractivity contribution < 1.29 is 24.1 Å². The molecule has 1 heterocycles. The number of pyridine rings is 1. The van der Waals surface area contributed by atoms with E-state index in [0.717, 1.165) is 21.7 Å². The highest BCUT2D eigenvalue weighted by atomic mass is 16.5. The van der Waals surface area contributed by atoms with Crippen LogP contribution in [0.2, 0.25) is 0 Å². The first kappa shape index (κ1) is 20.4. The van der Waals surface area contributed by atoms with Crippen LogP contribution < -0.4 is 19.5 Å². The lowest BCUT2D eigenvalue weighted by molar-refractivity contribution is 0.0946. The fraction of sp³-hybridized carbons (Fsp3) is 0.167. The van der Waals surface area contributed by atoms with Crippen molar-refractivity contribution in [1.82, 2.24) is 10.3 Å². The molecule has 0 radical (unpaired) electrons. The second-order valence-corrected chi connectivity index (χ2v) is 6.80. The predicted octanol–water partition coefficient (Wildman–Crippen LogP) is 3.92. The fourth-order valence-corrected chi connectivity index (χ4v) is 3.45. The van der Waals surface area contributed by atoms with Crippen molar-refractivity contribution in [3.63, 3.8) is 0 Å². The second-order valence-electron chi connectivity index (χ2n) is 6.80. The number of ether oxygens (including phenoxy) is 3. The molecule has 0 bridgehead atoms. The van der Waals surface area contributed by atoms with Crippen molar-refractivity contribution in [3.05, 3.63) is 66.4 Å². The van der Waals surface area contributed by atoms with Crippen LogP contribution in [0.4, 0.5) is 0 Å². The number of nitrogens with zero attached hydrogens (tertiary/aromatic N) is 1. The molecule has 0 atom stereocenters. The summed E-state index contributed by atoms with van der Waals surface area (Å²) in [6.07, 6.45) is 1.67. The van der Waals surface area contributed by atoms with E-state index in [1.165, 1.54) is 0 Å². The fourth-order valence-electron chi connectivity index (χ4n) is 3.45. The van der Waals surface area contributed by atoms with Crippen molar-refractivity contribution >= 4 is 27.6 Å². The maximum Gasteiger partial charge on any atom is 0.251 e. The number of aromatic nitrogens is 1. The summed E-state index contributed by atoms with van der Waals surface area (Å²) in [5, 5.41) is 14.1. The van der Waals surface area contributed by atoms with Gasteiger partial charge in [0.25, 0.3) is 5.91 Å². The van der Waals surface area contributed by atoms with Gasteiger partial charge in [0.15, 0.2) is 11.5 Å². The highest BCUT2D eigenvalue weighted by Crippen LogP contribution is 2.37. The largest absolute Gasteiger partial charge is 0.493 e. The summed E-state index contributed by atoms with van der Waals surface area (Å²) in [4.78, 5) is 16.8. The van der Waals surface area contributed by atoms with Crippen LogP contribution in [-0.4, -0.2) is 43.4 Å². The lowest BCUT2D eigenvalue weighted by atomic mass is 10.0. The molecular weight excluding hydrogens is 396 g/mol. The number of nitrogens with one attached hydrogen (secondary N) is 1. The van der Waals surface area contributed by atoms with Gasteiger partial charge in [-0.3, -0.25) is 9.78 Å². The van der Waals surface area contributed by atoms with Crippen LogP contribution in [0.5, 0.6) is 23.0 Å². The minimum atomic E-state index is -0.227. The number of rotatable bonds is 7. The van der Waals surface area contributed by atoms with Gasteiger partial charge in [-0.2, -0.15) is 0 Å². The molecule has 2 N–H and O–H groups in total. The minimum absolute atomic E-state index is 0.106. The number of benzene rings is 3. The topological polar surface area (TPSA) is 89.9 Å².